The third-order valence-electron chi connectivity index (χ3n) is 5.31. The summed E-state index contributed by atoms with van der Waals surface area (Å²) < 4.78 is 1.55. The second kappa shape index (κ2) is 6.61. The number of ketones is 1. The molecule has 0 bridgehead atoms. The first kappa shape index (κ1) is 17.4. The number of aryl methyl sites for hydroxylation is 3. The van der Waals surface area contributed by atoms with Crippen molar-refractivity contribution in [1.82, 2.24) is 19.9 Å². The molecule has 1 N–H and O–H groups in total. The van der Waals surface area contributed by atoms with Crippen LogP contribution >= 0.6 is 0 Å². The third kappa shape index (κ3) is 3.12. The molecule has 2 heterocycles. The zero-order valence-corrected chi connectivity index (χ0v) is 15.7. The van der Waals surface area contributed by atoms with Crippen molar-refractivity contribution in [3.05, 3.63) is 64.1 Å². The van der Waals surface area contributed by atoms with Crippen LogP contribution in [-0.2, 0) is 12.8 Å². The van der Waals surface area contributed by atoms with E-state index < -0.39 is 0 Å². The van der Waals surface area contributed by atoms with Crippen molar-refractivity contribution in [2.24, 2.45) is 0 Å². The van der Waals surface area contributed by atoms with E-state index in [0.717, 1.165) is 18.4 Å². The van der Waals surface area contributed by atoms with E-state index in [-0.39, 0.29) is 17.7 Å². The average molecular weight is 362 g/mol. The molecule has 0 aliphatic heterocycles. The van der Waals surface area contributed by atoms with Crippen LogP contribution in [0, 0.1) is 6.92 Å². The smallest absolute Gasteiger partial charge is 0.272 e. The highest BCUT2D eigenvalue weighted by Crippen LogP contribution is 2.25. The quantitative estimate of drug-likeness (QED) is 0.723. The Kier molecular flexibility index (Phi) is 4.26. The van der Waals surface area contributed by atoms with Gasteiger partial charge in [0.2, 0.25) is 0 Å². The SMILES string of the molecule is CC(=O)c1cnc2cc(C(=O)N[C@H](C)c3ccc4c(c3)CCC4)nn2c1C. The number of rotatable bonds is 4. The van der Waals surface area contributed by atoms with Gasteiger partial charge in [-0.15, -0.1) is 0 Å². The molecule has 1 aliphatic carbocycles. The molecule has 1 aromatic carbocycles. The largest absolute Gasteiger partial charge is 0.344 e. The fraction of sp³-hybridized carbons (Fsp3) is 0.333. The lowest BCUT2D eigenvalue weighted by atomic mass is 10.0. The maximum atomic E-state index is 12.7. The Hall–Kier alpha value is -3.02. The van der Waals surface area contributed by atoms with Crippen LogP contribution in [0.5, 0.6) is 0 Å². The molecular formula is C21H22N4O2. The second-order valence-electron chi connectivity index (χ2n) is 7.19. The molecule has 4 rings (SSSR count). The van der Waals surface area contributed by atoms with Gasteiger partial charge in [0.1, 0.15) is 0 Å². The molecule has 0 spiro atoms. The lowest BCUT2D eigenvalue weighted by molar-refractivity contribution is 0.0934. The van der Waals surface area contributed by atoms with E-state index in [4.69, 9.17) is 0 Å². The molecule has 0 fully saturated rings. The van der Waals surface area contributed by atoms with Crippen LogP contribution in [0.2, 0.25) is 0 Å². The molecule has 6 nitrogen and oxygen atoms in total. The molecule has 1 amide bonds. The number of aromatic nitrogens is 3. The Bertz CT molecular complexity index is 1070. The number of hydrogen-bond donors (Lipinski definition) is 1. The van der Waals surface area contributed by atoms with Crippen molar-refractivity contribution in [3.63, 3.8) is 0 Å². The molecule has 3 aromatic rings. The molecule has 2 aromatic heterocycles. The average Bonchev–Trinajstić information content (AvgIpc) is 3.28. The summed E-state index contributed by atoms with van der Waals surface area (Å²) in [5.41, 5.74) is 5.92. The first-order valence-corrected chi connectivity index (χ1v) is 9.23. The van der Waals surface area contributed by atoms with E-state index in [1.165, 1.54) is 30.7 Å². The van der Waals surface area contributed by atoms with Crippen molar-refractivity contribution < 1.29 is 9.59 Å². The van der Waals surface area contributed by atoms with Gasteiger partial charge in [-0.05, 0) is 56.7 Å². The van der Waals surface area contributed by atoms with E-state index in [1.54, 1.807) is 17.5 Å². The number of carbonyl (C=O) groups is 2. The summed E-state index contributed by atoms with van der Waals surface area (Å²) >= 11 is 0. The summed E-state index contributed by atoms with van der Waals surface area (Å²) in [6.07, 6.45) is 4.99. The van der Waals surface area contributed by atoms with Gasteiger partial charge in [-0.3, -0.25) is 9.59 Å². The minimum atomic E-state index is -0.253. The Morgan fingerprint density at radius 3 is 2.74 bits per heavy atom. The molecule has 0 radical (unpaired) electrons. The molecule has 6 heteroatoms. The third-order valence-corrected chi connectivity index (χ3v) is 5.31. The molecule has 0 saturated carbocycles. The van der Waals surface area contributed by atoms with E-state index >= 15 is 0 Å². The predicted octanol–water partition coefficient (Wildman–Crippen LogP) is 3.22. The van der Waals surface area contributed by atoms with Crippen molar-refractivity contribution in [1.29, 1.82) is 0 Å². The van der Waals surface area contributed by atoms with Crippen molar-refractivity contribution in [2.75, 3.05) is 0 Å². The van der Waals surface area contributed by atoms with Crippen LogP contribution in [0.3, 0.4) is 0 Å². The predicted molar refractivity (Wildman–Crippen MR) is 102 cm³/mol. The number of nitrogens with zero attached hydrogens (tertiary/aromatic N) is 3. The molecule has 1 aliphatic rings. The van der Waals surface area contributed by atoms with Gasteiger partial charge in [-0.1, -0.05) is 18.2 Å². The van der Waals surface area contributed by atoms with Crippen LogP contribution < -0.4 is 5.32 Å². The lowest BCUT2D eigenvalue weighted by Crippen LogP contribution is -2.27. The molecule has 27 heavy (non-hydrogen) atoms. The number of carbonyl (C=O) groups excluding carboxylic acids is 2. The van der Waals surface area contributed by atoms with Gasteiger partial charge in [0.05, 0.1) is 17.3 Å². The Labute approximate surface area is 157 Å². The Morgan fingerprint density at radius 1 is 1.19 bits per heavy atom. The van der Waals surface area contributed by atoms with Crippen LogP contribution in [-0.4, -0.2) is 26.3 Å². The molecule has 0 saturated heterocycles. The minimum absolute atomic E-state index is 0.0753. The van der Waals surface area contributed by atoms with Gasteiger partial charge >= 0.3 is 0 Å². The van der Waals surface area contributed by atoms with Gasteiger partial charge in [0.25, 0.3) is 5.91 Å². The topological polar surface area (TPSA) is 76.4 Å². The van der Waals surface area contributed by atoms with E-state index in [0.29, 0.717) is 22.6 Å². The summed E-state index contributed by atoms with van der Waals surface area (Å²) in [4.78, 5) is 28.6. The van der Waals surface area contributed by atoms with E-state index in [2.05, 4.69) is 33.6 Å². The van der Waals surface area contributed by atoms with Gasteiger partial charge in [-0.2, -0.15) is 5.10 Å². The summed E-state index contributed by atoms with van der Waals surface area (Å²) in [6.45, 7) is 5.26. The summed E-state index contributed by atoms with van der Waals surface area (Å²) in [5.74, 6) is -0.328. The number of nitrogens with one attached hydrogen (secondary N) is 1. The molecule has 138 valence electrons. The molecular weight excluding hydrogens is 340 g/mol. The van der Waals surface area contributed by atoms with Crippen LogP contribution in [0.4, 0.5) is 0 Å². The van der Waals surface area contributed by atoms with Gasteiger partial charge in [0.15, 0.2) is 17.1 Å². The monoisotopic (exact) mass is 362 g/mol. The van der Waals surface area contributed by atoms with E-state index in [1.807, 2.05) is 6.92 Å². The summed E-state index contributed by atoms with van der Waals surface area (Å²) in [6, 6.07) is 7.98. The fourth-order valence-electron chi connectivity index (χ4n) is 3.72. The van der Waals surface area contributed by atoms with Crippen LogP contribution in [0.1, 0.15) is 69.5 Å². The highest BCUT2D eigenvalue weighted by molar-refractivity contribution is 5.96. The fourth-order valence-corrected chi connectivity index (χ4v) is 3.72. The number of amides is 1. The van der Waals surface area contributed by atoms with Crippen LogP contribution in [0.25, 0.3) is 5.65 Å². The lowest BCUT2D eigenvalue weighted by Gasteiger charge is -2.14. The zero-order valence-electron chi connectivity index (χ0n) is 15.7. The number of fused-ring (bicyclic) bond motifs is 2. The maximum absolute atomic E-state index is 12.7. The number of benzene rings is 1. The summed E-state index contributed by atoms with van der Waals surface area (Å²) in [5, 5.41) is 7.36. The van der Waals surface area contributed by atoms with Gasteiger partial charge in [0, 0.05) is 12.3 Å². The number of Topliss-reactive ketones (excluding diaryl/α,β-unsaturated/α-hetero) is 1. The second-order valence-corrected chi connectivity index (χ2v) is 7.19. The maximum Gasteiger partial charge on any atom is 0.272 e. The van der Waals surface area contributed by atoms with Crippen molar-refractivity contribution in [2.45, 2.75) is 46.1 Å². The first-order chi connectivity index (χ1) is 12.9. The van der Waals surface area contributed by atoms with Crippen molar-refractivity contribution >= 4 is 17.3 Å². The normalized spacial score (nSPS) is 14.2. The standard InChI is InChI=1S/C21H22N4O2/c1-12(16-8-7-15-5-4-6-17(15)9-16)23-21(27)19-10-20-22-11-18(14(3)26)13(2)25(20)24-19/h7-12H,4-6H2,1-3H3,(H,23,27)/t12-/m1/s1. The molecule has 1 atom stereocenters. The highest BCUT2D eigenvalue weighted by atomic mass is 16.2. The molecule has 0 unspecified atom stereocenters. The Morgan fingerprint density at radius 2 is 1.96 bits per heavy atom. The summed E-state index contributed by atoms with van der Waals surface area (Å²) in [7, 11) is 0. The van der Waals surface area contributed by atoms with E-state index in [9.17, 15) is 9.59 Å². The van der Waals surface area contributed by atoms with Gasteiger partial charge < -0.3 is 5.32 Å². The van der Waals surface area contributed by atoms with Crippen LogP contribution in [0.15, 0.2) is 30.5 Å². The zero-order chi connectivity index (χ0) is 19.1. The Balaban J connectivity index is 1.57. The highest BCUT2D eigenvalue weighted by Gasteiger charge is 2.19. The van der Waals surface area contributed by atoms with Gasteiger partial charge in [-0.25, -0.2) is 9.50 Å². The first-order valence-electron chi connectivity index (χ1n) is 9.23. The number of hydrogen-bond acceptors (Lipinski definition) is 4. The van der Waals surface area contributed by atoms with Crippen molar-refractivity contribution in [3.8, 4) is 0 Å². The minimum Gasteiger partial charge on any atom is -0.344 e.